The van der Waals surface area contributed by atoms with Crippen LogP contribution in [0.5, 0.6) is 0 Å². The maximum absolute atomic E-state index is 12.8. The highest BCUT2D eigenvalue weighted by atomic mass is 16.2. The summed E-state index contributed by atoms with van der Waals surface area (Å²) >= 11 is 0. The average molecular weight is 380 g/mol. The van der Waals surface area contributed by atoms with E-state index in [4.69, 9.17) is 5.73 Å². The molecule has 5 heteroatoms. The summed E-state index contributed by atoms with van der Waals surface area (Å²) in [6.07, 6.45) is 3.88. The summed E-state index contributed by atoms with van der Waals surface area (Å²) < 4.78 is 0. The number of rotatable bonds is 8. The van der Waals surface area contributed by atoms with Crippen LogP contribution in [0.25, 0.3) is 0 Å². The zero-order chi connectivity index (χ0) is 19.8. The topological polar surface area (TPSA) is 84.2 Å². The van der Waals surface area contributed by atoms with Crippen LogP contribution in [0.4, 0.5) is 0 Å². The molecule has 2 aromatic rings. The number of nitrogens with one attached hydrogen (secondary N) is 2. The smallest absolute Gasteiger partial charge is 0.243 e. The van der Waals surface area contributed by atoms with Crippen LogP contribution in [0.2, 0.25) is 0 Å². The third-order valence-corrected chi connectivity index (χ3v) is 5.41. The van der Waals surface area contributed by atoms with Crippen molar-refractivity contribution in [3.05, 3.63) is 71.8 Å². The second-order valence-electron chi connectivity index (χ2n) is 7.57. The Morgan fingerprint density at radius 1 is 0.964 bits per heavy atom. The van der Waals surface area contributed by atoms with Crippen molar-refractivity contribution in [2.75, 3.05) is 0 Å². The van der Waals surface area contributed by atoms with Gasteiger partial charge in [0.05, 0.1) is 0 Å². The summed E-state index contributed by atoms with van der Waals surface area (Å²) in [7, 11) is 0. The molecule has 5 nitrogen and oxygen atoms in total. The van der Waals surface area contributed by atoms with Gasteiger partial charge < -0.3 is 16.4 Å². The fourth-order valence-electron chi connectivity index (χ4n) is 3.78. The molecule has 3 atom stereocenters. The van der Waals surface area contributed by atoms with Crippen molar-refractivity contribution in [3.63, 3.8) is 0 Å². The fraction of sp³-hybridized carbons (Fsp3) is 0.391. The lowest BCUT2D eigenvalue weighted by Gasteiger charge is -2.21. The van der Waals surface area contributed by atoms with Crippen LogP contribution in [0.1, 0.15) is 36.8 Å². The predicted octanol–water partition coefficient (Wildman–Crippen LogP) is 2.55. The van der Waals surface area contributed by atoms with E-state index in [2.05, 4.69) is 10.6 Å². The van der Waals surface area contributed by atoms with Crippen LogP contribution in [0.15, 0.2) is 60.7 Å². The highest BCUT2D eigenvalue weighted by Gasteiger charge is 2.28. The molecule has 1 aliphatic rings. The first kappa shape index (κ1) is 20.1. The van der Waals surface area contributed by atoms with Gasteiger partial charge >= 0.3 is 0 Å². The second-order valence-corrected chi connectivity index (χ2v) is 7.57. The minimum atomic E-state index is -0.601. The van der Waals surface area contributed by atoms with Crippen LogP contribution in [0, 0.1) is 5.92 Å². The summed E-state index contributed by atoms with van der Waals surface area (Å²) in [6.45, 7) is 0.439. The number of benzene rings is 2. The molecule has 1 fully saturated rings. The lowest BCUT2D eigenvalue weighted by molar-refractivity contribution is -0.129. The van der Waals surface area contributed by atoms with Crippen LogP contribution in [0.3, 0.4) is 0 Å². The number of hydrogen-bond acceptors (Lipinski definition) is 3. The molecule has 1 unspecified atom stereocenters. The molecule has 1 saturated carbocycles. The largest absolute Gasteiger partial charge is 0.350 e. The Balaban J connectivity index is 1.61. The average Bonchev–Trinajstić information content (AvgIpc) is 3.11. The molecule has 0 radical (unpaired) electrons. The van der Waals surface area contributed by atoms with E-state index in [1.165, 1.54) is 0 Å². The minimum absolute atomic E-state index is 0.0882. The van der Waals surface area contributed by atoms with E-state index >= 15 is 0 Å². The molecule has 3 rings (SSSR count). The molecule has 148 valence electrons. The van der Waals surface area contributed by atoms with Gasteiger partial charge in [0.25, 0.3) is 0 Å². The van der Waals surface area contributed by atoms with Crippen molar-refractivity contribution in [3.8, 4) is 0 Å². The zero-order valence-electron chi connectivity index (χ0n) is 16.1. The maximum atomic E-state index is 12.8. The zero-order valence-corrected chi connectivity index (χ0v) is 16.1. The lowest BCUT2D eigenvalue weighted by atomic mass is 9.99. The summed E-state index contributed by atoms with van der Waals surface area (Å²) in [4.78, 5) is 25.4. The van der Waals surface area contributed by atoms with Crippen molar-refractivity contribution in [1.29, 1.82) is 0 Å². The van der Waals surface area contributed by atoms with Gasteiger partial charge in [0, 0.05) is 25.4 Å². The van der Waals surface area contributed by atoms with Crippen molar-refractivity contribution >= 4 is 11.8 Å². The molecule has 0 saturated heterocycles. The van der Waals surface area contributed by atoms with E-state index in [1.807, 2.05) is 60.7 Å². The van der Waals surface area contributed by atoms with Crippen LogP contribution < -0.4 is 16.4 Å². The number of hydrogen-bond donors (Lipinski definition) is 3. The number of nitrogens with two attached hydrogens (primary N) is 1. The Hall–Kier alpha value is -2.66. The van der Waals surface area contributed by atoms with Gasteiger partial charge in [-0.15, -0.1) is 0 Å². The molecule has 2 amide bonds. The third kappa shape index (κ3) is 5.92. The van der Waals surface area contributed by atoms with Gasteiger partial charge in [-0.3, -0.25) is 9.59 Å². The van der Waals surface area contributed by atoms with Crippen molar-refractivity contribution in [2.45, 2.75) is 50.7 Å². The number of carbonyl (C=O) groups is 2. The minimum Gasteiger partial charge on any atom is -0.350 e. The van der Waals surface area contributed by atoms with Crippen LogP contribution in [-0.2, 0) is 22.6 Å². The molecular formula is C23H29N3O2. The van der Waals surface area contributed by atoms with Gasteiger partial charge in [-0.2, -0.15) is 0 Å². The summed E-state index contributed by atoms with van der Waals surface area (Å²) in [5, 5.41) is 5.89. The van der Waals surface area contributed by atoms with Gasteiger partial charge in [0.15, 0.2) is 0 Å². The van der Waals surface area contributed by atoms with Gasteiger partial charge in [-0.25, -0.2) is 0 Å². The Kier molecular flexibility index (Phi) is 7.20. The molecule has 0 aliphatic heterocycles. The Morgan fingerprint density at radius 2 is 1.61 bits per heavy atom. The number of carbonyl (C=O) groups excluding carboxylic acids is 2. The monoisotopic (exact) mass is 379 g/mol. The molecule has 0 heterocycles. The highest BCUT2D eigenvalue weighted by Crippen LogP contribution is 2.26. The molecule has 0 spiro atoms. The standard InChI is InChI=1S/C23H29N3O2/c24-20-13-7-12-19(20)15-22(27)26-21(14-17-8-3-1-4-9-17)23(28)25-16-18-10-5-2-6-11-18/h1-6,8-11,19-21H,7,12-16,24H2,(H,25,28)(H,26,27)/t19-,20+,21?/m0/s1. The van der Waals surface area contributed by atoms with Crippen molar-refractivity contribution in [1.82, 2.24) is 10.6 Å². The summed E-state index contributed by atoms with van der Waals surface area (Å²) in [6, 6.07) is 19.0. The SMILES string of the molecule is N[C@@H]1CCC[C@H]1CC(=O)NC(Cc1ccccc1)C(=O)NCc1ccccc1. The van der Waals surface area contributed by atoms with Gasteiger partial charge in [-0.1, -0.05) is 67.1 Å². The molecule has 28 heavy (non-hydrogen) atoms. The van der Waals surface area contributed by atoms with Crippen LogP contribution >= 0.6 is 0 Å². The molecule has 2 aromatic carbocycles. The molecule has 4 N–H and O–H groups in total. The van der Waals surface area contributed by atoms with Crippen molar-refractivity contribution < 1.29 is 9.59 Å². The number of amides is 2. The lowest BCUT2D eigenvalue weighted by Crippen LogP contribution is -2.48. The predicted molar refractivity (Wildman–Crippen MR) is 110 cm³/mol. The fourth-order valence-corrected chi connectivity index (χ4v) is 3.78. The first-order valence-electron chi connectivity index (χ1n) is 10.0. The van der Waals surface area contributed by atoms with E-state index in [1.54, 1.807) is 0 Å². The van der Waals surface area contributed by atoms with E-state index in [9.17, 15) is 9.59 Å². The van der Waals surface area contributed by atoms with E-state index in [0.717, 1.165) is 30.4 Å². The van der Waals surface area contributed by atoms with Crippen molar-refractivity contribution in [2.24, 2.45) is 11.7 Å². The first-order valence-corrected chi connectivity index (χ1v) is 10.0. The molecular weight excluding hydrogens is 350 g/mol. The second kappa shape index (κ2) is 10.0. The maximum Gasteiger partial charge on any atom is 0.243 e. The van der Waals surface area contributed by atoms with E-state index in [0.29, 0.717) is 19.4 Å². The van der Waals surface area contributed by atoms with Gasteiger partial charge in [-0.05, 0) is 29.9 Å². The third-order valence-electron chi connectivity index (χ3n) is 5.41. The summed E-state index contributed by atoms with van der Waals surface area (Å²) in [5.41, 5.74) is 8.13. The Labute approximate surface area is 166 Å². The normalized spacial score (nSPS) is 19.8. The van der Waals surface area contributed by atoms with E-state index in [-0.39, 0.29) is 23.8 Å². The molecule has 1 aliphatic carbocycles. The quantitative estimate of drug-likeness (QED) is 0.659. The highest BCUT2D eigenvalue weighted by molar-refractivity contribution is 5.88. The van der Waals surface area contributed by atoms with E-state index < -0.39 is 6.04 Å². The summed E-state index contributed by atoms with van der Waals surface area (Å²) in [5.74, 6) is -0.0559. The van der Waals surface area contributed by atoms with Gasteiger partial charge in [0.2, 0.25) is 11.8 Å². The first-order chi connectivity index (χ1) is 13.6. The van der Waals surface area contributed by atoms with Crippen LogP contribution in [-0.4, -0.2) is 23.9 Å². The molecule has 0 aromatic heterocycles. The molecule has 0 bridgehead atoms. The Morgan fingerprint density at radius 3 is 2.21 bits per heavy atom. The Bertz CT molecular complexity index is 764. The van der Waals surface area contributed by atoms with Gasteiger partial charge in [0.1, 0.15) is 6.04 Å².